The average molecular weight is 601 g/mol. The molecular formula is C36H44O6Si. The maximum atomic E-state index is 13.7. The van der Waals surface area contributed by atoms with E-state index in [0.29, 0.717) is 0 Å². The molecule has 0 aromatic heterocycles. The van der Waals surface area contributed by atoms with E-state index in [1.165, 1.54) is 0 Å². The van der Waals surface area contributed by atoms with Crippen LogP contribution in [-0.4, -0.2) is 51.9 Å². The summed E-state index contributed by atoms with van der Waals surface area (Å²) in [6.07, 6.45) is 3.10. The Kier molecular flexibility index (Phi) is 10.0. The van der Waals surface area contributed by atoms with Crippen LogP contribution >= 0.6 is 0 Å². The van der Waals surface area contributed by atoms with Gasteiger partial charge in [0.05, 0.1) is 7.11 Å². The van der Waals surface area contributed by atoms with Crippen molar-refractivity contribution in [3.05, 3.63) is 90.0 Å². The van der Waals surface area contributed by atoms with Gasteiger partial charge in [-0.15, -0.1) is 6.42 Å². The standard InChI is InChI=1S/C36H44O6Si/c1-10-31(42-43(8,9)35(2,3)4)34-33(40-36(5,6)41-34)30(37)24-39-32(27-14-12-11-13-15-27)28-18-16-25(17-19-28)26-20-22-29(38-7)23-21-26/h1,11-23,31-34H,24H2,2-9H3/t31-,32?,33+,34-/m0/s1. The third kappa shape index (κ3) is 7.83. The fraction of sp³-hybridized carbons (Fsp3) is 0.417. The number of terminal acetylenes is 1. The molecule has 6 nitrogen and oxygen atoms in total. The van der Waals surface area contributed by atoms with Crippen LogP contribution in [0, 0.1) is 12.3 Å². The molecule has 4 atom stereocenters. The summed E-state index contributed by atoms with van der Waals surface area (Å²) in [6.45, 7) is 14.1. The molecule has 0 spiro atoms. The van der Waals surface area contributed by atoms with Crippen molar-refractivity contribution in [2.45, 2.75) is 83.0 Å². The molecule has 0 saturated carbocycles. The molecule has 43 heavy (non-hydrogen) atoms. The van der Waals surface area contributed by atoms with E-state index in [-0.39, 0.29) is 17.4 Å². The van der Waals surface area contributed by atoms with Gasteiger partial charge in [-0.2, -0.15) is 0 Å². The van der Waals surface area contributed by atoms with E-state index in [4.69, 9.17) is 29.8 Å². The highest BCUT2D eigenvalue weighted by atomic mass is 28.4. The number of benzene rings is 3. The lowest BCUT2D eigenvalue weighted by Gasteiger charge is -2.39. The van der Waals surface area contributed by atoms with E-state index < -0.39 is 38.5 Å². The summed E-state index contributed by atoms with van der Waals surface area (Å²) in [7, 11) is -0.598. The largest absolute Gasteiger partial charge is 0.497 e. The van der Waals surface area contributed by atoms with Crippen LogP contribution in [0.15, 0.2) is 78.9 Å². The van der Waals surface area contributed by atoms with E-state index in [2.05, 4.69) is 51.9 Å². The van der Waals surface area contributed by atoms with E-state index in [0.717, 1.165) is 28.0 Å². The zero-order valence-corrected chi connectivity index (χ0v) is 27.5. The minimum atomic E-state index is -2.25. The predicted octanol–water partition coefficient (Wildman–Crippen LogP) is 7.58. The van der Waals surface area contributed by atoms with Crippen molar-refractivity contribution < 1.29 is 28.2 Å². The fourth-order valence-electron chi connectivity index (χ4n) is 4.84. The third-order valence-electron chi connectivity index (χ3n) is 8.27. The van der Waals surface area contributed by atoms with Crippen molar-refractivity contribution in [2.75, 3.05) is 13.7 Å². The molecule has 1 aliphatic heterocycles. The Bertz CT molecular complexity index is 1400. The Morgan fingerprint density at radius 3 is 2.02 bits per heavy atom. The minimum absolute atomic E-state index is 0.0640. The van der Waals surface area contributed by atoms with E-state index in [1.807, 2.05) is 66.7 Å². The maximum Gasteiger partial charge on any atom is 0.193 e. The van der Waals surface area contributed by atoms with Crippen molar-refractivity contribution >= 4 is 14.1 Å². The van der Waals surface area contributed by atoms with Crippen molar-refractivity contribution in [2.24, 2.45) is 0 Å². The van der Waals surface area contributed by atoms with Crippen LogP contribution in [0.5, 0.6) is 5.75 Å². The van der Waals surface area contributed by atoms with Crippen molar-refractivity contribution in [1.82, 2.24) is 0 Å². The van der Waals surface area contributed by atoms with Crippen LogP contribution in [0.25, 0.3) is 11.1 Å². The molecule has 1 aliphatic rings. The first kappa shape index (κ1) is 32.7. The zero-order chi connectivity index (χ0) is 31.4. The van der Waals surface area contributed by atoms with Crippen molar-refractivity contribution in [3.63, 3.8) is 0 Å². The van der Waals surface area contributed by atoms with E-state index >= 15 is 0 Å². The van der Waals surface area contributed by atoms with E-state index in [9.17, 15) is 4.79 Å². The van der Waals surface area contributed by atoms with Crippen molar-refractivity contribution in [1.29, 1.82) is 0 Å². The van der Waals surface area contributed by atoms with Gasteiger partial charge in [0.15, 0.2) is 26.0 Å². The molecule has 7 heteroatoms. The molecule has 3 aromatic carbocycles. The number of methoxy groups -OCH3 is 1. The average Bonchev–Trinajstić information content (AvgIpc) is 3.31. The number of rotatable bonds is 11. The summed E-state index contributed by atoms with van der Waals surface area (Å²) in [5.74, 6) is 2.32. The van der Waals surface area contributed by atoms with Gasteiger partial charge in [-0.1, -0.05) is 93.4 Å². The Morgan fingerprint density at radius 1 is 0.930 bits per heavy atom. The van der Waals surface area contributed by atoms with Gasteiger partial charge in [0.2, 0.25) is 0 Å². The summed E-state index contributed by atoms with van der Waals surface area (Å²) in [4.78, 5) is 13.7. The highest BCUT2D eigenvalue weighted by Gasteiger charge is 2.51. The summed E-state index contributed by atoms with van der Waals surface area (Å²) in [6, 6.07) is 26.0. The highest BCUT2D eigenvalue weighted by Crippen LogP contribution is 2.40. The monoisotopic (exact) mass is 600 g/mol. The molecule has 3 aromatic rings. The highest BCUT2D eigenvalue weighted by molar-refractivity contribution is 6.74. The third-order valence-corrected chi connectivity index (χ3v) is 12.7. The lowest BCUT2D eigenvalue weighted by Crippen LogP contribution is -2.50. The Morgan fingerprint density at radius 2 is 1.49 bits per heavy atom. The normalized spacial score (nSPS) is 19.8. The minimum Gasteiger partial charge on any atom is -0.497 e. The molecule has 0 bridgehead atoms. The first-order valence-electron chi connectivity index (χ1n) is 14.7. The molecule has 0 aliphatic carbocycles. The van der Waals surface area contributed by atoms with Gasteiger partial charge in [0, 0.05) is 0 Å². The number of carbonyl (C=O) groups excluding carboxylic acids is 1. The molecule has 0 radical (unpaired) electrons. The predicted molar refractivity (Wildman–Crippen MR) is 172 cm³/mol. The van der Waals surface area contributed by atoms with Crippen LogP contribution in [0.3, 0.4) is 0 Å². The summed E-state index contributed by atoms with van der Waals surface area (Å²) < 4.78 is 30.5. The molecule has 228 valence electrons. The summed E-state index contributed by atoms with van der Waals surface area (Å²) >= 11 is 0. The number of carbonyl (C=O) groups is 1. The quantitative estimate of drug-likeness (QED) is 0.167. The lowest BCUT2D eigenvalue weighted by atomic mass is 9.98. The van der Waals surface area contributed by atoms with Crippen LogP contribution in [0.4, 0.5) is 0 Å². The second kappa shape index (κ2) is 13.2. The summed E-state index contributed by atoms with van der Waals surface area (Å²) in [5, 5.41) is -0.0640. The van der Waals surface area contributed by atoms with Crippen LogP contribution in [-0.2, 0) is 23.4 Å². The smallest absolute Gasteiger partial charge is 0.193 e. The van der Waals surface area contributed by atoms with Gasteiger partial charge in [-0.25, -0.2) is 0 Å². The number of hydrogen-bond acceptors (Lipinski definition) is 6. The fourth-order valence-corrected chi connectivity index (χ4v) is 6.03. The summed E-state index contributed by atoms with van der Waals surface area (Å²) in [5.41, 5.74) is 4.02. The zero-order valence-electron chi connectivity index (χ0n) is 26.5. The molecule has 0 amide bonds. The Balaban J connectivity index is 1.54. The number of hydrogen-bond donors (Lipinski definition) is 0. The van der Waals surface area contributed by atoms with Crippen LogP contribution in [0.2, 0.25) is 18.1 Å². The van der Waals surface area contributed by atoms with Crippen molar-refractivity contribution in [3.8, 4) is 29.2 Å². The van der Waals surface area contributed by atoms with Gasteiger partial charge < -0.3 is 23.4 Å². The first-order valence-corrected chi connectivity index (χ1v) is 17.6. The Labute approximate surface area is 257 Å². The SMILES string of the molecule is C#C[C@H](O[Si](C)(C)C(C)(C)C)[C@@H]1OC(C)(C)O[C@@H]1C(=O)COC(c1ccccc1)c1ccc(-c2ccc(OC)cc2)cc1. The molecule has 4 rings (SSSR count). The Hall–Kier alpha value is -3.25. The maximum absolute atomic E-state index is 13.7. The van der Waals surface area contributed by atoms with Gasteiger partial charge in [-0.05, 0) is 66.4 Å². The second-order valence-corrected chi connectivity index (χ2v) is 17.7. The van der Waals surface area contributed by atoms with Gasteiger partial charge in [-0.3, -0.25) is 4.79 Å². The molecule has 1 fully saturated rings. The molecular weight excluding hydrogens is 556 g/mol. The molecule has 1 saturated heterocycles. The van der Waals surface area contributed by atoms with Crippen LogP contribution in [0.1, 0.15) is 51.8 Å². The number of ketones is 1. The second-order valence-electron chi connectivity index (χ2n) is 12.9. The number of Topliss-reactive ketones (excluding diaryl/α,β-unsaturated/α-hetero) is 1. The molecule has 1 heterocycles. The first-order chi connectivity index (χ1) is 20.2. The van der Waals surface area contributed by atoms with Gasteiger partial charge >= 0.3 is 0 Å². The topological polar surface area (TPSA) is 63.2 Å². The molecule has 1 unspecified atom stereocenters. The van der Waals surface area contributed by atoms with E-state index in [1.54, 1.807) is 21.0 Å². The number of ether oxygens (including phenoxy) is 4. The van der Waals surface area contributed by atoms with Crippen LogP contribution < -0.4 is 4.74 Å². The molecule has 0 N–H and O–H groups in total. The lowest BCUT2D eigenvalue weighted by molar-refractivity contribution is -0.159. The van der Waals surface area contributed by atoms with Gasteiger partial charge in [0.25, 0.3) is 0 Å². The van der Waals surface area contributed by atoms with Gasteiger partial charge in [0.1, 0.15) is 30.7 Å².